The van der Waals surface area contributed by atoms with Gasteiger partial charge >= 0.3 is 0 Å². The fourth-order valence-electron chi connectivity index (χ4n) is 5.06. The average molecular weight is 426 g/mol. The van der Waals surface area contributed by atoms with E-state index in [0.29, 0.717) is 17.4 Å². The number of aromatic nitrogens is 1. The zero-order valence-corrected chi connectivity index (χ0v) is 18.5. The molecular formula is C28H31N3O. The Labute approximate surface area is 189 Å². The van der Waals surface area contributed by atoms with Crippen molar-refractivity contribution in [1.82, 2.24) is 9.88 Å². The third-order valence-corrected chi connectivity index (χ3v) is 6.94. The molecule has 0 unspecified atom stereocenters. The van der Waals surface area contributed by atoms with Gasteiger partial charge in [0, 0.05) is 12.1 Å². The van der Waals surface area contributed by atoms with E-state index in [1.165, 1.54) is 18.4 Å². The van der Waals surface area contributed by atoms with Crippen molar-refractivity contribution in [2.75, 3.05) is 18.8 Å². The molecule has 4 heteroatoms. The highest BCUT2D eigenvalue weighted by molar-refractivity contribution is 5.74. The summed E-state index contributed by atoms with van der Waals surface area (Å²) >= 11 is 0. The van der Waals surface area contributed by atoms with Crippen LogP contribution in [0, 0.1) is 5.92 Å². The molecule has 3 aliphatic rings. The Morgan fingerprint density at radius 1 is 1.06 bits per heavy atom. The summed E-state index contributed by atoms with van der Waals surface area (Å²) in [5.74, 6) is 1.00. The number of pyridine rings is 1. The summed E-state index contributed by atoms with van der Waals surface area (Å²) < 4.78 is 0. The van der Waals surface area contributed by atoms with Crippen molar-refractivity contribution in [1.29, 1.82) is 0 Å². The fourth-order valence-corrected chi connectivity index (χ4v) is 5.06. The lowest BCUT2D eigenvalue weighted by Gasteiger charge is -2.31. The Morgan fingerprint density at radius 2 is 1.88 bits per heavy atom. The zero-order valence-electron chi connectivity index (χ0n) is 18.5. The molecule has 4 nitrogen and oxygen atoms in total. The zero-order chi connectivity index (χ0) is 21.9. The van der Waals surface area contributed by atoms with Crippen LogP contribution < -0.4 is 16.3 Å². The molecule has 2 heterocycles. The van der Waals surface area contributed by atoms with E-state index in [2.05, 4.69) is 41.3 Å². The first kappa shape index (κ1) is 20.8. The van der Waals surface area contributed by atoms with E-state index in [-0.39, 0.29) is 0 Å². The van der Waals surface area contributed by atoms with Crippen LogP contribution in [0.3, 0.4) is 0 Å². The summed E-state index contributed by atoms with van der Waals surface area (Å²) in [6.45, 7) is 3.32. The predicted octanol–water partition coefficient (Wildman–Crippen LogP) is 3.87. The Kier molecular flexibility index (Phi) is 5.95. The summed E-state index contributed by atoms with van der Waals surface area (Å²) in [7, 11) is 0. The minimum absolute atomic E-state index is 0.325. The molecule has 5 rings (SSSR count). The van der Waals surface area contributed by atoms with Crippen LogP contribution in [0.25, 0.3) is 17.9 Å². The van der Waals surface area contributed by atoms with Gasteiger partial charge in [0.2, 0.25) is 0 Å². The molecule has 0 bridgehead atoms. The number of aliphatic hydroxyl groups excluding tert-OH is 1. The van der Waals surface area contributed by atoms with Gasteiger partial charge in [0.1, 0.15) is 5.76 Å². The Hall–Kier alpha value is -3.11. The van der Waals surface area contributed by atoms with Crippen molar-refractivity contribution >= 4 is 23.6 Å². The molecule has 3 N–H and O–H groups in total. The first-order valence-corrected chi connectivity index (χ1v) is 11.7. The van der Waals surface area contributed by atoms with E-state index in [4.69, 9.17) is 10.7 Å². The smallest absolute Gasteiger partial charge is 0.129 e. The van der Waals surface area contributed by atoms with E-state index < -0.39 is 0 Å². The molecule has 32 heavy (non-hydrogen) atoms. The minimum atomic E-state index is 0.325. The maximum Gasteiger partial charge on any atom is 0.129 e. The van der Waals surface area contributed by atoms with Crippen molar-refractivity contribution in [3.63, 3.8) is 0 Å². The van der Waals surface area contributed by atoms with Gasteiger partial charge in [0.25, 0.3) is 0 Å². The quantitative estimate of drug-likeness (QED) is 0.781. The Balaban J connectivity index is 1.29. The largest absolute Gasteiger partial charge is 0.507 e. The number of piperidine rings is 1. The lowest BCUT2D eigenvalue weighted by Crippen LogP contribution is -2.33. The monoisotopic (exact) mass is 425 g/mol. The number of benzene rings is 1. The third-order valence-electron chi connectivity index (χ3n) is 6.94. The number of hydrogen-bond acceptors (Lipinski definition) is 4. The van der Waals surface area contributed by atoms with E-state index >= 15 is 0 Å². The molecule has 1 saturated heterocycles. The second kappa shape index (κ2) is 9.17. The van der Waals surface area contributed by atoms with Gasteiger partial charge in [-0.3, -0.25) is 9.88 Å². The van der Waals surface area contributed by atoms with Gasteiger partial charge in [-0.15, -0.1) is 0 Å². The second-order valence-electron chi connectivity index (χ2n) is 9.08. The molecular weight excluding hydrogens is 394 g/mol. The van der Waals surface area contributed by atoms with Crippen molar-refractivity contribution in [3.05, 3.63) is 87.6 Å². The van der Waals surface area contributed by atoms with Crippen LogP contribution in [0.1, 0.15) is 42.5 Å². The summed E-state index contributed by atoms with van der Waals surface area (Å²) in [4.78, 5) is 7.35. The first-order valence-electron chi connectivity index (χ1n) is 11.7. The summed E-state index contributed by atoms with van der Waals surface area (Å²) in [5.41, 5.74) is 11.4. The number of aryl methyl sites for hydroxylation is 1. The normalized spacial score (nSPS) is 20.0. The van der Waals surface area contributed by atoms with Gasteiger partial charge in [-0.2, -0.15) is 0 Å². The SMILES string of the molecule is Nc1c2c(nc3c1=C(O)/C(=C/CC1CCN(Cc4ccccc4)CC1)CC3)=CC=CC=C2. The topological polar surface area (TPSA) is 62.4 Å². The first-order chi connectivity index (χ1) is 15.7. The molecule has 1 aliphatic heterocycles. The molecule has 1 aromatic carbocycles. The van der Waals surface area contributed by atoms with Crippen molar-refractivity contribution < 1.29 is 5.11 Å². The van der Waals surface area contributed by atoms with E-state index in [1.54, 1.807) is 0 Å². The third kappa shape index (κ3) is 4.28. The van der Waals surface area contributed by atoms with Crippen LogP contribution in [0.15, 0.2) is 60.2 Å². The van der Waals surface area contributed by atoms with Crippen LogP contribution in [0.4, 0.5) is 5.69 Å². The van der Waals surface area contributed by atoms with Crippen LogP contribution in [-0.2, 0) is 13.0 Å². The number of nitrogens with zero attached hydrogens (tertiary/aromatic N) is 2. The number of hydrogen-bond donors (Lipinski definition) is 2. The van der Waals surface area contributed by atoms with Crippen molar-refractivity contribution in [2.24, 2.45) is 5.92 Å². The number of rotatable bonds is 4. The maximum atomic E-state index is 11.1. The Morgan fingerprint density at radius 3 is 2.69 bits per heavy atom. The van der Waals surface area contributed by atoms with Crippen LogP contribution >= 0.6 is 0 Å². The maximum absolute atomic E-state index is 11.1. The van der Waals surface area contributed by atoms with E-state index in [0.717, 1.165) is 66.3 Å². The van der Waals surface area contributed by atoms with Gasteiger partial charge in [-0.25, -0.2) is 0 Å². The van der Waals surface area contributed by atoms with Gasteiger partial charge < -0.3 is 10.8 Å². The number of allylic oxidation sites excluding steroid dienone is 4. The van der Waals surface area contributed by atoms with Gasteiger partial charge in [0.15, 0.2) is 0 Å². The van der Waals surface area contributed by atoms with Crippen LogP contribution in [-0.4, -0.2) is 28.1 Å². The predicted molar refractivity (Wildman–Crippen MR) is 132 cm³/mol. The molecule has 2 aromatic rings. The molecule has 1 fully saturated rings. The van der Waals surface area contributed by atoms with Gasteiger partial charge in [-0.1, -0.05) is 60.7 Å². The van der Waals surface area contributed by atoms with Crippen molar-refractivity contribution in [3.8, 4) is 0 Å². The van der Waals surface area contributed by atoms with Crippen LogP contribution in [0.2, 0.25) is 0 Å². The van der Waals surface area contributed by atoms with Crippen LogP contribution in [0.5, 0.6) is 0 Å². The number of nitrogens with two attached hydrogens (primary N) is 1. The fraction of sp³-hybridized carbons (Fsp3) is 0.321. The molecule has 0 atom stereocenters. The molecule has 164 valence electrons. The summed E-state index contributed by atoms with van der Waals surface area (Å²) in [6.07, 6.45) is 17.2. The molecule has 0 radical (unpaired) electrons. The highest BCUT2D eigenvalue weighted by Gasteiger charge is 2.22. The highest BCUT2D eigenvalue weighted by atomic mass is 16.3. The molecule has 0 amide bonds. The Bertz CT molecular complexity index is 1200. The van der Waals surface area contributed by atoms with E-state index in [1.807, 2.05) is 30.4 Å². The lowest BCUT2D eigenvalue weighted by atomic mass is 9.89. The molecule has 0 saturated carbocycles. The second-order valence-corrected chi connectivity index (χ2v) is 9.08. The summed E-state index contributed by atoms with van der Waals surface area (Å²) in [5, 5.41) is 12.7. The standard InChI is InChI=1S/C28H31N3O/c29-27-23-9-5-2-6-10-24(23)30-25-14-13-22(28(32)26(25)27)12-11-20-15-17-31(18-16-20)19-21-7-3-1-4-8-21/h1-10,12,20,32H,11,13-19,29H2/b22-12+. The number of nitrogen functional groups attached to an aromatic ring is 1. The highest BCUT2D eigenvalue weighted by Crippen LogP contribution is 2.26. The summed E-state index contributed by atoms with van der Waals surface area (Å²) in [6, 6.07) is 10.7. The van der Waals surface area contributed by atoms with Gasteiger partial charge in [-0.05, 0) is 68.3 Å². The number of likely N-dealkylation sites (tertiary alicyclic amines) is 1. The van der Waals surface area contributed by atoms with Crippen molar-refractivity contribution in [2.45, 2.75) is 38.6 Å². The van der Waals surface area contributed by atoms with Gasteiger partial charge in [0.05, 0.1) is 21.9 Å². The lowest BCUT2D eigenvalue weighted by molar-refractivity contribution is 0.178. The minimum Gasteiger partial charge on any atom is -0.507 e. The number of fused-ring (bicyclic) bond motifs is 2. The number of aliphatic hydroxyl groups is 1. The number of anilines is 1. The molecule has 0 spiro atoms. The molecule has 1 aromatic heterocycles. The molecule has 2 aliphatic carbocycles. The average Bonchev–Trinajstić information content (AvgIpc) is 3.06. The van der Waals surface area contributed by atoms with E-state index in [9.17, 15) is 5.11 Å².